The topological polar surface area (TPSA) is 58.6 Å². The molecule has 4 nitrogen and oxygen atoms in total. The van der Waals surface area contributed by atoms with Crippen molar-refractivity contribution in [2.24, 2.45) is 5.41 Å². The molecule has 1 saturated heterocycles. The normalized spacial score (nSPS) is 19.6. The van der Waals surface area contributed by atoms with Gasteiger partial charge in [0, 0.05) is 25.2 Å². The van der Waals surface area contributed by atoms with Crippen molar-refractivity contribution in [2.75, 3.05) is 31.7 Å². The Morgan fingerprint density at radius 1 is 1.27 bits per heavy atom. The third-order valence-corrected chi connectivity index (χ3v) is 5.02. The number of anilines is 1. The summed E-state index contributed by atoms with van der Waals surface area (Å²) in [5.74, 6) is 0. The number of para-hydroxylation sites is 1. The Hall–Kier alpha value is -1.12. The van der Waals surface area contributed by atoms with E-state index in [0.717, 1.165) is 0 Å². The van der Waals surface area contributed by atoms with Gasteiger partial charge in [-0.3, -0.25) is 0 Å². The van der Waals surface area contributed by atoms with Crippen LogP contribution in [0.3, 0.4) is 0 Å². The molecule has 1 aromatic rings. The number of aliphatic hydroxyl groups excluding tert-OH is 1. The Bertz CT molecular complexity index is 530. The molecule has 2 rings (SSSR count). The molecule has 0 amide bonds. The molecular formula is C14H18F3NO3S. The molecule has 0 aliphatic carbocycles. The predicted octanol–water partition coefficient (Wildman–Crippen LogP) is 2.52. The molecule has 124 valence electrons. The largest absolute Gasteiger partial charge is 0.475 e. The van der Waals surface area contributed by atoms with Crippen LogP contribution in [0.5, 0.6) is 0 Å². The second-order valence-corrected chi connectivity index (χ2v) is 6.77. The fourth-order valence-corrected chi connectivity index (χ4v) is 3.17. The van der Waals surface area contributed by atoms with Crippen LogP contribution in [0, 0.1) is 5.41 Å². The van der Waals surface area contributed by atoms with Crippen LogP contribution in [0.2, 0.25) is 0 Å². The molecule has 1 fully saturated rings. The minimum atomic E-state index is -4.80. The maximum Gasteiger partial charge on any atom is 0.475 e. The summed E-state index contributed by atoms with van der Waals surface area (Å²) in [6.07, 6.45) is 1.25. The molecule has 0 spiro atoms. The fourth-order valence-electron chi connectivity index (χ4n) is 2.38. The van der Waals surface area contributed by atoms with Crippen LogP contribution < -0.4 is 5.32 Å². The van der Waals surface area contributed by atoms with Gasteiger partial charge in [-0.25, -0.2) is 4.21 Å². The monoisotopic (exact) mass is 337 g/mol. The van der Waals surface area contributed by atoms with E-state index in [9.17, 15) is 22.5 Å². The van der Waals surface area contributed by atoms with E-state index in [4.69, 9.17) is 4.74 Å². The molecule has 1 unspecified atom stereocenters. The van der Waals surface area contributed by atoms with Crippen LogP contribution in [-0.4, -0.2) is 41.2 Å². The van der Waals surface area contributed by atoms with E-state index in [1.165, 1.54) is 18.2 Å². The third kappa shape index (κ3) is 3.99. The number of hydrogen-bond donors (Lipinski definition) is 2. The number of aliphatic hydroxyl groups is 1. The molecule has 0 saturated carbocycles. The van der Waals surface area contributed by atoms with Crippen LogP contribution in [0.4, 0.5) is 18.9 Å². The number of rotatable bonds is 5. The smallest absolute Gasteiger partial charge is 0.396 e. The molecule has 2 N–H and O–H groups in total. The maximum absolute atomic E-state index is 12.7. The third-order valence-electron chi connectivity index (χ3n) is 3.84. The molecule has 1 aromatic carbocycles. The number of halogens is 3. The molecule has 1 aliphatic heterocycles. The van der Waals surface area contributed by atoms with E-state index in [1.54, 1.807) is 6.07 Å². The zero-order chi connectivity index (χ0) is 16.2. The predicted molar refractivity (Wildman–Crippen MR) is 77.0 cm³/mol. The molecule has 1 atom stereocenters. The van der Waals surface area contributed by atoms with Crippen LogP contribution >= 0.6 is 0 Å². The first-order valence-electron chi connectivity index (χ1n) is 6.88. The quantitative estimate of drug-likeness (QED) is 0.867. The van der Waals surface area contributed by atoms with Gasteiger partial charge in [0.2, 0.25) is 0 Å². The molecule has 0 bridgehead atoms. The summed E-state index contributed by atoms with van der Waals surface area (Å²) in [6.45, 7) is 1.25. The van der Waals surface area contributed by atoms with Gasteiger partial charge in [-0.05, 0) is 25.0 Å². The van der Waals surface area contributed by atoms with Crippen molar-refractivity contribution in [1.29, 1.82) is 0 Å². The highest BCUT2D eigenvalue weighted by Gasteiger charge is 2.39. The first-order chi connectivity index (χ1) is 10.4. The first-order valence-corrected chi connectivity index (χ1v) is 8.03. The van der Waals surface area contributed by atoms with Crippen LogP contribution in [-0.2, 0) is 15.5 Å². The van der Waals surface area contributed by atoms with Crippen molar-refractivity contribution in [3.05, 3.63) is 24.3 Å². The highest BCUT2D eigenvalue weighted by Crippen LogP contribution is 2.33. The summed E-state index contributed by atoms with van der Waals surface area (Å²) in [7, 11) is -3.08. The Labute approximate surface area is 129 Å². The van der Waals surface area contributed by atoms with Gasteiger partial charge in [-0.2, -0.15) is 13.2 Å². The lowest BCUT2D eigenvalue weighted by Gasteiger charge is -2.36. The minimum Gasteiger partial charge on any atom is -0.396 e. The summed E-state index contributed by atoms with van der Waals surface area (Å²) >= 11 is 0. The van der Waals surface area contributed by atoms with Crippen molar-refractivity contribution in [3.63, 3.8) is 0 Å². The Kier molecular flexibility index (Phi) is 5.46. The van der Waals surface area contributed by atoms with Crippen molar-refractivity contribution < 1.29 is 27.2 Å². The van der Waals surface area contributed by atoms with E-state index in [-0.39, 0.29) is 17.2 Å². The summed E-state index contributed by atoms with van der Waals surface area (Å²) in [5.41, 5.74) is -5.05. The van der Waals surface area contributed by atoms with Crippen molar-refractivity contribution in [1.82, 2.24) is 0 Å². The van der Waals surface area contributed by atoms with Gasteiger partial charge in [0.1, 0.15) is 0 Å². The van der Waals surface area contributed by atoms with Gasteiger partial charge in [0.15, 0.2) is 10.8 Å². The molecule has 8 heteroatoms. The van der Waals surface area contributed by atoms with E-state index in [2.05, 4.69) is 5.32 Å². The maximum atomic E-state index is 12.7. The standard InChI is InChI=1S/C14H18F3NO3S/c15-14(16,17)22(20)12-4-2-1-3-11(12)18-9-13(10-19)5-7-21-8-6-13/h1-4,18-19H,5-10H2. The Morgan fingerprint density at radius 3 is 2.50 bits per heavy atom. The highest BCUT2D eigenvalue weighted by atomic mass is 32.2. The number of hydrogen-bond acceptors (Lipinski definition) is 4. The highest BCUT2D eigenvalue weighted by molar-refractivity contribution is 7.86. The lowest BCUT2D eigenvalue weighted by Crippen LogP contribution is -2.39. The lowest BCUT2D eigenvalue weighted by molar-refractivity contribution is -0.0384. The number of benzene rings is 1. The van der Waals surface area contributed by atoms with Gasteiger partial charge in [-0.15, -0.1) is 0 Å². The average Bonchev–Trinajstić information content (AvgIpc) is 2.52. The molecule has 1 aliphatic rings. The number of nitrogens with one attached hydrogen (secondary N) is 1. The van der Waals surface area contributed by atoms with Crippen LogP contribution in [0.15, 0.2) is 29.2 Å². The summed E-state index contributed by atoms with van der Waals surface area (Å²) in [5, 5.41) is 12.5. The van der Waals surface area contributed by atoms with Crippen LogP contribution in [0.25, 0.3) is 0 Å². The lowest BCUT2D eigenvalue weighted by atomic mass is 9.81. The molecular weight excluding hydrogens is 319 g/mol. The Balaban J connectivity index is 2.15. The number of ether oxygens (including phenoxy) is 1. The van der Waals surface area contributed by atoms with E-state index in [1.807, 2.05) is 0 Å². The second kappa shape index (κ2) is 6.97. The number of alkyl halides is 3. The summed E-state index contributed by atoms with van der Waals surface area (Å²) in [4.78, 5) is -0.296. The van der Waals surface area contributed by atoms with Gasteiger partial charge >= 0.3 is 5.51 Å². The zero-order valence-corrected chi connectivity index (χ0v) is 12.7. The van der Waals surface area contributed by atoms with Crippen molar-refractivity contribution >= 4 is 16.5 Å². The van der Waals surface area contributed by atoms with E-state index in [0.29, 0.717) is 32.6 Å². The average molecular weight is 337 g/mol. The zero-order valence-electron chi connectivity index (χ0n) is 11.9. The first kappa shape index (κ1) is 17.2. The molecule has 22 heavy (non-hydrogen) atoms. The van der Waals surface area contributed by atoms with E-state index >= 15 is 0 Å². The van der Waals surface area contributed by atoms with Gasteiger partial charge in [-0.1, -0.05) is 12.1 Å². The summed E-state index contributed by atoms with van der Waals surface area (Å²) < 4.78 is 54.8. The van der Waals surface area contributed by atoms with Gasteiger partial charge in [0.25, 0.3) is 0 Å². The van der Waals surface area contributed by atoms with Gasteiger partial charge in [0.05, 0.1) is 17.2 Å². The summed E-state index contributed by atoms with van der Waals surface area (Å²) in [6, 6.07) is 5.65. The van der Waals surface area contributed by atoms with Gasteiger partial charge < -0.3 is 15.2 Å². The van der Waals surface area contributed by atoms with E-state index < -0.39 is 21.7 Å². The minimum absolute atomic E-state index is 0.0755. The van der Waals surface area contributed by atoms with Crippen LogP contribution in [0.1, 0.15) is 12.8 Å². The second-order valence-electron chi connectivity index (χ2n) is 5.33. The van der Waals surface area contributed by atoms with Crippen molar-refractivity contribution in [3.8, 4) is 0 Å². The SMILES string of the molecule is O=S(c1ccccc1NCC1(CO)CCOCC1)C(F)(F)F. The molecule has 0 radical (unpaired) electrons. The Morgan fingerprint density at radius 2 is 1.91 bits per heavy atom. The fraction of sp³-hybridized carbons (Fsp3) is 0.571. The molecule has 0 aromatic heterocycles. The van der Waals surface area contributed by atoms with Crippen molar-refractivity contribution in [2.45, 2.75) is 23.2 Å². The molecule has 1 heterocycles.